The Balaban J connectivity index is 1.51. The fourth-order valence-corrected chi connectivity index (χ4v) is 3.51. The van der Waals surface area contributed by atoms with Gasteiger partial charge >= 0.3 is 0 Å². The average molecular weight is 455 g/mol. The summed E-state index contributed by atoms with van der Waals surface area (Å²) in [7, 11) is 0. The first-order valence-electron chi connectivity index (χ1n) is 9.05. The van der Waals surface area contributed by atoms with E-state index >= 15 is 0 Å². The van der Waals surface area contributed by atoms with E-state index in [4.69, 9.17) is 35.4 Å². The molecule has 2 heterocycles. The number of halogens is 3. The molecule has 0 unspecified atom stereocenters. The van der Waals surface area contributed by atoms with E-state index in [0.29, 0.717) is 33.1 Å². The third-order valence-electron chi connectivity index (χ3n) is 4.27. The Labute approximate surface area is 184 Å². The molecule has 3 rings (SSSR count). The number of aromatic nitrogens is 4. The minimum atomic E-state index is -0.390. The number of nitrogens with zero attached hydrogens (tertiary/aromatic N) is 4. The quantitative estimate of drug-likeness (QED) is 0.404. The maximum Gasteiger partial charge on any atom is 0.173 e. The first-order valence-corrected chi connectivity index (χ1v) is 10.2. The Morgan fingerprint density at radius 3 is 2.69 bits per heavy atom. The summed E-state index contributed by atoms with van der Waals surface area (Å²) in [6.45, 7) is 5.65. The van der Waals surface area contributed by atoms with Crippen molar-refractivity contribution >= 4 is 46.4 Å². The van der Waals surface area contributed by atoms with Crippen LogP contribution in [0.15, 0.2) is 30.5 Å². The summed E-state index contributed by atoms with van der Waals surface area (Å²) in [5.41, 5.74) is 2.50. The van der Waals surface area contributed by atoms with Gasteiger partial charge in [0.2, 0.25) is 0 Å². The molecule has 29 heavy (non-hydrogen) atoms. The molecule has 6 nitrogen and oxygen atoms in total. The third kappa shape index (κ3) is 5.68. The van der Waals surface area contributed by atoms with Crippen LogP contribution >= 0.6 is 35.4 Å². The van der Waals surface area contributed by atoms with Gasteiger partial charge in [-0.1, -0.05) is 29.3 Å². The van der Waals surface area contributed by atoms with Crippen molar-refractivity contribution in [1.82, 2.24) is 24.9 Å². The van der Waals surface area contributed by atoms with E-state index in [2.05, 4.69) is 20.8 Å². The molecule has 0 fully saturated rings. The van der Waals surface area contributed by atoms with Crippen molar-refractivity contribution in [2.45, 2.75) is 33.4 Å². The topological polar surface area (TPSA) is 59.7 Å². The van der Waals surface area contributed by atoms with Crippen LogP contribution in [-0.2, 0) is 13.1 Å². The fourth-order valence-electron chi connectivity index (χ4n) is 2.89. The molecule has 0 spiro atoms. The summed E-state index contributed by atoms with van der Waals surface area (Å²) in [6, 6.07) is 6.60. The van der Waals surface area contributed by atoms with Crippen LogP contribution in [0.1, 0.15) is 23.4 Å². The van der Waals surface area contributed by atoms with Gasteiger partial charge in [0.25, 0.3) is 0 Å². The predicted molar refractivity (Wildman–Crippen MR) is 118 cm³/mol. The van der Waals surface area contributed by atoms with Crippen LogP contribution in [0.5, 0.6) is 0 Å². The van der Waals surface area contributed by atoms with Gasteiger partial charge in [-0.3, -0.25) is 9.36 Å². The summed E-state index contributed by atoms with van der Waals surface area (Å²) < 4.78 is 17.5. The number of anilines is 1. The van der Waals surface area contributed by atoms with Gasteiger partial charge in [0, 0.05) is 35.6 Å². The van der Waals surface area contributed by atoms with Crippen LogP contribution in [-0.4, -0.2) is 31.2 Å². The fraction of sp³-hybridized carbons (Fsp3) is 0.316. The van der Waals surface area contributed by atoms with Gasteiger partial charge in [-0.2, -0.15) is 10.2 Å². The van der Waals surface area contributed by atoms with E-state index < -0.39 is 5.82 Å². The Morgan fingerprint density at radius 2 is 2.00 bits per heavy atom. The molecule has 2 N–H and O–H groups in total. The largest absolute Gasteiger partial charge is 0.362 e. The number of hydrogen-bond acceptors (Lipinski definition) is 3. The second-order valence-corrected chi connectivity index (χ2v) is 7.83. The van der Waals surface area contributed by atoms with Crippen molar-refractivity contribution in [2.75, 3.05) is 11.9 Å². The van der Waals surface area contributed by atoms with Gasteiger partial charge in [-0.05, 0) is 50.7 Å². The number of nitrogens with one attached hydrogen (secondary N) is 2. The lowest BCUT2D eigenvalue weighted by Gasteiger charge is -2.10. The third-order valence-corrected chi connectivity index (χ3v) is 5.14. The van der Waals surface area contributed by atoms with Crippen LogP contribution in [0.4, 0.5) is 10.2 Å². The normalized spacial score (nSPS) is 10.9. The molecule has 0 aliphatic carbocycles. The lowest BCUT2D eigenvalue weighted by atomic mass is 10.2. The monoisotopic (exact) mass is 454 g/mol. The van der Waals surface area contributed by atoms with E-state index in [1.54, 1.807) is 18.3 Å². The molecular formula is C19H21Cl2FN6S. The highest BCUT2D eigenvalue weighted by Crippen LogP contribution is 2.23. The number of hydrogen-bond donors (Lipinski definition) is 2. The van der Waals surface area contributed by atoms with Crippen molar-refractivity contribution in [2.24, 2.45) is 0 Å². The molecular weight excluding hydrogens is 434 g/mol. The lowest BCUT2D eigenvalue weighted by Crippen LogP contribution is -2.30. The van der Waals surface area contributed by atoms with Crippen molar-refractivity contribution in [3.8, 4) is 0 Å². The standard InChI is InChI=1S/C19H21Cl2FN6S/c1-12-9-13(2)28(25-12)8-4-7-23-19(29)24-18-16(21)11-27(26-18)10-14-15(20)5-3-6-17(14)22/h3,5-6,9,11H,4,7-8,10H2,1-2H3,(H2,23,24,26,29). The molecule has 0 saturated heterocycles. The molecule has 0 atom stereocenters. The smallest absolute Gasteiger partial charge is 0.173 e. The Morgan fingerprint density at radius 1 is 1.21 bits per heavy atom. The minimum absolute atomic E-state index is 0.162. The summed E-state index contributed by atoms with van der Waals surface area (Å²) in [4.78, 5) is 0. The summed E-state index contributed by atoms with van der Waals surface area (Å²) in [6.07, 6.45) is 2.45. The average Bonchev–Trinajstić information content (AvgIpc) is 3.16. The Bertz CT molecular complexity index is 996. The minimum Gasteiger partial charge on any atom is -0.362 e. The first-order chi connectivity index (χ1) is 13.8. The number of benzene rings is 1. The van der Waals surface area contributed by atoms with Gasteiger partial charge in [0.15, 0.2) is 10.9 Å². The zero-order chi connectivity index (χ0) is 21.0. The molecule has 0 amide bonds. The van der Waals surface area contributed by atoms with E-state index in [1.807, 2.05) is 24.6 Å². The highest BCUT2D eigenvalue weighted by Gasteiger charge is 2.12. The second-order valence-electron chi connectivity index (χ2n) is 6.61. The van der Waals surface area contributed by atoms with Gasteiger partial charge in [0.05, 0.1) is 12.2 Å². The van der Waals surface area contributed by atoms with Crippen LogP contribution in [0.2, 0.25) is 10.0 Å². The van der Waals surface area contributed by atoms with Crippen molar-refractivity contribution in [3.05, 3.63) is 63.3 Å². The highest BCUT2D eigenvalue weighted by atomic mass is 35.5. The highest BCUT2D eigenvalue weighted by molar-refractivity contribution is 7.80. The van der Waals surface area contributed by atoms with E-state index in [9.17, 15) is 4.39 Å². The van der Waals surface area contributed by atoms with E-state index in [0.717, 1.165) is 24.4 Å². The number of rotatable bonds is 7. The van der Waals surface area contributed by atoms with Crippen molar-refractivity contribution < 1.29 is 4.39 Å². The van der Waals surface area contributed by atoms with Crippen molar-refractivity contribution in [3.63, 3.8) is 0 Å². The molecule has 1 aromatic carbocycles. The SMILES string of the molecule is Cc1cc(C)n(CCCNC(=S)Nc2nn(Cc3c(F)cccc3Cl)cc2Cl)n1. The van der Waals surface area contributed by atoms with Crippen LogP contribution in [0.3, 0.4) is 0 Å². The van der Waals surface area contributed by atoms with Crippen LogP contribution in [0.25, 0.3) is 0 Å². The number of aryl methyl sites for hydroxylation is 3. The maximum atomic E-state index is 14.0. The van der Waals surface area contributed by atoms with Gasteiger partial charge in [-0.15, -0.1) is 0 Å². The maximum absolute atomic E-state index is 14.0. The summed E-state index contributed by atoms with van der Waals surface area (Å²) in [5, 5.41) is 16.0. The van der Waals surface area contributed by atoms with Crippen molar-refractivity contribution in [1.29, 1.82) is 0 Å². The molecule has 0 saturated carbocycles. The second kappa shape index (κ2) is 9.56. The summed E-state index contributed by atoms with van der Waals surface area (Å²) in [5.74, 6) is 0.00797. The van der Waals surface area contributed by atoms with Gasteiger partial charge < -0.3 is 10.6 Å². The molecule has 154 valence electrons. The first kappa shape index (κ1) is 21.5. The molecule has 0 aliphatic heterocycles. The van der Waals surface area contributed by atoms with E-state index in [-0.39, 0.29) is 6.54 Å². The van der Waals surface area contributed by atoms with Gasteiger partial charge in [0.1, 0.15) is 10.8 Å². The molecule has 0 radical (unpaired) electrons. The number of thiocarbonyl (C=S) groups is 1. The summed E-state index contributed by atoms with van der Waals surface area (Å²) >= 11 is 17.6. The molecule has 3 aromatic rings. The molecule has 0 aliphatic rings. The molecule has 0 bridgehead atoms. The lowest BCUT2D eigenvalue weighted by molar-refractivity contribution is 0.558. The Hall–Kier alpha value is -2.16. The molecule has 2 aromatic heterocycles. The van der Waals surface area contributed by atoms with Gasteiger partial charge in [-0.25, -0.2) is 4.39 Å². The zero-order valence-electron chi connectivity index (χ0n) is 16.0. The van der Waals surface area contributed by atoms with Crippen LogP contribution in [0, 0.1) is 19.7 Å². The predicted octanol–water partition coefficient (Wildman–Crippen LogP) is 4.57. The zero-order valence-corrected chi connectivity index (χ0v) is 18.4. The molecule has 10 heteroatoms. The Kier molecular flexibility index (Phi) is 7.10. The van der Waals surface area contributed by atoms with Crippen LogP contribution < -0.4 is 10.6 Å². The van der Waals surface area contributed by atoms with E-state index in [1.165, 1.54) is 10.7 Å².